The number of hydrogen-bond donors (Lipinski definition) is 1. The Morgan fingerprint density at radius 2 is 1.74 bits per heavy atom. The zero-order chi connectivity index (χ0) is 13.5. The van der Waals surface area contributed by atoms with Gasteiger partial charge in [0.25, 0.3) is 5.91 Å². The van der Waals surface area contributed by atoms with Gasteiger partial charge in [-0.1, -0.05) is 30.3 Å². The standard InChI is InChI=1S/C16H17NO2/c1-2-17-16(18)14-10-8-13(9-11-14)12-19-15-6-4-3-5-7-15/h3-11H,2,12H2,1H3,(H,17,18). The highest BCUT2D eigenvalue weighted by Crippen LogP contribution is 2.12. The normalized spacial score (nSPS) is 9.95. The largest absolute Gasteiger partial charge is 0.489 e. The van der Waals surface area contributed by atoms with Gasteiger partial charge >= 0.3 is 0 Å². The molecule has 0 bridgehead atoms. The van der Waals surface area contributed by atoms with E-state index >= 15 is 0 Å². The minimum absolute atomic E-state index is 0.0435. The van der Waals surface area contributed by atoms with Crippen molar-refractivity contribution >= 4 is 5.91 Å². The van der Waals surface area contributed by atoms with Crippen LogP contribution in [0, 0.1) is 0 Å². The van der Waals surface area contributed by atoms with E-state index in [2.05, 4.69) is 5.32 Å². The summed E-state index contributed by atoms with van der Waals surface area (Å²) in [7, 11) is 0. The SMILES string of the molecule is CCNC(=O)c1ccc(COc2ccccc2)cc1. The van der Waals surface area contributed by atoms with Gasteiger partial charge in [0.05, 0.1) is 0 Å². The van der Waals surface area contributed by atoms with Gasteiger partial charge < -0.3 is 10.1 Å². The first-order valence-electron chi connectivity index (χ1n) is 6.34. The van der Waals surface area contributed by atoms with Gasteiger partial charge in [-0.2, -0.15) is 0 Å². The van der Waals surface area contributed by atoms with E-state index in [1.165, 1.54) is 0 Å². The van der Waals surface area contributed by atoms with Gasteiger partial charge in [0, 0.05) is 12.1 Å². The molecule has 1 amide bonds. The monoisotopic (exact) mass is 255 g/mol. The van der Waals surface area contributed by atoms with Crippen LogP contribution in [0.5, 0.6) is 5.75 Å². The molecule has 0 heterocycles. The molecule has 0 atom stereocenters. The maximum Gasteiger partial charge on any atom is 0.251 e. The number of carbonyl (C=O) groups is 1. The second-order valence-corrected chi connectivity index (χ2v) is 4.16. The molecule has 2 aromatic rings. The Balaban J connectivity index is 1.94. The number of rotatable bonds is 5. The van der Waals surface area contributed by atoms with E-state index in [1.807, 2.05) is 61.5 Å². The van der Waals surface area contributed by atoms with Crippen LogP contribution >= 0.6 is 0 Å². The average Bonchev–Trinajstić information content (AvgIpc) is 2.47. The van der Waals surface area contributed by atoms with Gasteiger partial charge in [0.1, 0.15) is 12.4 Å². The molecule has 0 aliphatic heterocycles. The maximum absolute atomic E-state index is 11.6. The highest BCUT2D eigenvalue weighted by atomic mass is 16.5. The van der Waals surface area contributed by atoms with Crippen molar-refractivity contribution in [2.45, 2.75) is 13.5 Å². The lowest BCUT2D eigenvalue weighted by Gasteiger charge is -2.07. The molecule has 0 radical (unpaired) electrons. The number of ether oxygens (including phenoxy) is 1. The lowest BCUT2D eigenvalue weighted by Crippen LogP contribution is -2.22. The number of amides is 1. The molecule has 19 heavy (non-hydrogen) atoms. The predicted molar refractivity (Wildman–Crippen MR) is 75.2 cm³/mol. The quantitative estimate of drug-likeness (QED) is 0.892. The van der Waals surface area contributed by atoms with Crippen molar-refractivity contribution in [3.8, 4) is 5.75 Å². The summed E-state index contributed by atoms with van der Waals surface area (Å²) in [4.78, 5) is 11.6. The fourth-order valence-corrected chi connectivity index (χ4v) is 1.70. The zero-order valence-electron chi connectivity index (χ0n) is 10.9. The Labute approximate surface area is 113 Å². The van der Waals surface area contributed by atoms with Crippen LogP contribution in [0.2, 0.25) is 0 Å². The van der Waals surface area contributed by atoms with Gasteiger partial charge in [-0.25, -0.2) is 0 Å². The van der Waals surface area contributed by atoms with Crippen LogP contribution in [0.3, 0.4) is 0 Å². The topological polar surface area (TPSA) is 38.3 Å². The molecule has 3 nitrogen and oxygen atoms in total. The summed E-state index contributed by atoms with van der Waals surface area (Å²) in [6.07, 6.45) is 0. The van der Waals surface area contributed by atoms with E-state index in [-0.39, 0.29) is 5.91 Å². The van der Waals surface area contributed by atoms with Gasteiger partial charge in [0.2, 0.25) is 0 Å². The molecular formula is C16H17NO2. The second-order valence-electron chi connectivity index (χ2n) is 4.16. The first-order chi connectivity index (χ1) is 9.29. The summed E-state index contributed by atoms with van der Waals surface area (Å²) in [5, 5.41) is 2.77. The molecule has 0 saturated heterocycles. The van der Waals surface area contributed by atoms with Crippen molar-refractivity contribution in [3.05, 3.63) is 65.7 Å². The van der Waals surface area contributed by atoms with E-state index in [0.29, 0.717) is 18.7 Å². The van der Waals surface area contributed by atoms with E-state index in [9.17, 15) is 4.79 Å². The van der Waals surface area contributed by atoms with E-state index < -0.39 is 0 Å². The van der Waals surface area contributed by atoms with Crippen molar-refractivity contribution in [3.63, 3.8) is 0 Å². The second kappa shape index (κ2) is 6.59. The Hall–Kier alpha value is -2.29. The van der Waals surface area contributed by atoms with Crippen LogP contribution in [0.1, 0.15) is 22.8 Å². The Morgan fingerprint density at radius 3 is 2.37 bits per heavy atom. The zero-order valence-corrected chi connectivity index (χ0v) is 10.9. The minimum Gasteiger partial charge on any atom is -0.489 e. The van der Waals surface area contributed by atoms with Crippen LogP contribution in [-0.4, -0.2) is 12.5 Å². The van der Waals surface area contributed by atoms with Crippen molar-refractivity contribution in [2.75, 3.05) is 6.54 Å². The third-order valence-electron chi connectivity index (χ3n) is 2.70. The summed E-state index contributed by atoms with van der Waals surface area (Å²) in [6.45, 7) is 3.04. The summed E-state index contributed by atoms with van der Waals surface area (Å²) < 4.78 is 5.64. The Kier molecular flexibility index (Phi) is 4.56. The maximum atomic E-state index is 11.6. The Bertz CT molecular complexity index is 520. The molecule has 0 fully saturated rings. The minimum atomic E-state index is -0.0435. The Morgan fingerprint density at radius 1 is 1.05 bits per heavy atom. The first-order valence-corrected chi connectivity index (χ1v) is 6.34. The van der Waals surface area contributed by atoms with Gasteiger partial charge in [-0.15, -0.1) is 0 Å². The van der Waals surface area contributed by atoms with Crippen LogP contribution in [0.4, 0.5) is 0 Å². The van der Waals surface area contributed by atoms with Crippen molar-refractivity contribution in [1.82, 2.24) is 5.32 Å². The molecule has 0 saturated carbocycles. The third kappa shape index (κ3) is 3.85. The van der Waals surface area contributed by atoms with E-state index in [1.54, 1.807) is 0 Å². The molecule has 0 spiro atoms. The molecule has 1 N–H and O–H groups in total. The fourth-order valence-electron chi connectivity index (χ4n) is 1.70. The lowest BCUT2D eigenvalue weighted by molar-refractivity contribution is 0.0956. The van der Waals surface area contributed by atoms with Crippen molar-refractivity contribution < 1.29 is 9.53 Å². The summed E-state index contributed by atoms with van der Waals surface area (Å²) >= 11 is 0. The summed E-state index contributed by atoms with van der Waals surface area (Å²) in [5.41, 5.74) is 1.71. The van der Waals surface area contributed by atoms with E-state index in [0.717, 1.165) is 11.3 Å². The number of benzene rings is 2. The van der Waals surface area contributed by atoms with Crippen LogP contribution in [0.15, 0.2) is 54.6 Å². The van der Waals surface area contributed by atoms with Crippen molar-refractivity contribution in [2.24, 2.45) is 0 Å². The predicted octanol–water partition coefficient (Wildman–Crippen LogP) is 3.02. The van der Waals surface area contributed by atoms with Crippen LogP contribution in [-0.2, 0) is 6.61 Å². The molecule has 2 aromatic carbocycles. The smallest absolute Gasteiger partial charge is 0.251 e. The van der Waals surface area contributed by atoms with Gasteiger partial charge in [0.15, 0.2) is 0 Å². The van der Waals surface area contributed by atoms with Gasteiger partial charge in [-0.3, -0.25) is 4.79 Å². The number of hydrogen-bond acceptors (Lipinski definition) is 2. The number of nitrogens with one attached hydrogen (secondary N) is 1. The third-order valence-corrected chi connectivity index (χ3v) is 2.70. The van der Waals surface area contributed by atoms with Gasteiger partial charge in [-0.05, 0) is 36.8 Å². The molecule has 0 unspecified atom stereocenters. The molecule has 0 aromatic heterocycles. The molecule has 0 aliphatic carbocycles. The highest BCUT2D eigenvalue weighted by Gasteiger charge is 2.03. The molecule has 3 heteroatoms. The molecule has 0 aliphatic rings. The summed E-state index contributed by atoms with van der Waals surface area (Å²) in [6, 6.07) is 17.1. The summed E-state index contributed by atoms with van der Waals surface area (Å²) in [5.74, 6) is 0.799. The molecule has 98 valence electrons. The highest BCUT2D eigenvalue weighted by molar-refractivity contribution is 5.94. The van der Waals surface area contributed by atoms with Crippen LogP contribution < -0.4 is 10.1 Å². The lowest BCUT2D eigenvalue weighted by atomic mass is 10.1. The fraction of sp³-hybridized carbons (Fsp3) is 0.188. The van der Waals surface area contributed by atoms with Crippen molar-refractivity contribution in [1.29, 1.82) is 0 Å². The average molecular weight is 255 g/mol. The van der Waals surface area contributed by atoms with Crippen LogP contribution in [0.25, 0.3) is 0 Å². The first kappa shape index (κ1) is 13.1. The van der Waals surface area contributed by atoms with E-state index in [4.69, 9.17) is 4.74 Å². The number of carbonyl (C=O) groups excluding carboxylic acids is 1. The molecular weight excluding hydrogens is 238 g/mol. The number of para-hydroxylation sites is 1. The molecule has 2 rings (SSSR count).